The van der Waals surface area contributed by atoms with Gasteiger partial charge in [-0.15, -0.1) is 0 Å². The van der Waals surface area contributed by atoms with Crippen LogP contribution in [-0.4, -0.2) is 44.7 Å². The molecule has 0 amide bonds. The van der Waals surface area contributed by atoms with Gasteiger partial charge in [-0.25, -0.2) is 13.1 Å². The summed E-state index contributed by atoms with van der Waals surface area (Å²) < 4.78 is 27.5. The van der Waals surface area contributed by atoms with Gasteiger partial charge in [0.25, 0.3) is 0 Å². The van der Waals surface area contributed by atoms with Crippen LogP contribution in [0.2, 0.25) is 5.02 Å². The van der Waals surface area contributed by atoms with Crippen LogP contribution in [0.4, 0.5) is 0 Å². The lowest BCUT2D eigenvalue weighted by atomic mass is 9.83. The highest BCUT2D eigenvalue weighted by molar-refractivity contribution is 9.10. The summed E-state index contributed by atoms with van der Waals surface area (Å²) in [4.78, 5) is 2.63. The third-order valence-electron chi connectivity index (χ3n) is 6.88. The fourth-order valence-electron chi connectivity index (χ4n) is 4.93. The van der Waals surface area contributed by atoms with E-state index in [-0.39, 0.29) is 11.8 Å². The zero-order valence-corrected chi connectivity index (χ0v) is 21.2. The van der Waals surface area contributed by atoms with Crippen molar-refractivity contribution in [1.82, 2.24) is 9.62 Å². The van der Waals surface area contributed by atoms with Gasteiger partial charge in [0.05, 0.1) is 5.75 Å². The number of hydrogen-bond donors (Lipinski definition) is 1. The summed E-state index contributed by atoms with van der Waals surface area (Å²) in [6.07, 6.45) is 10.5. The third kappa shape index (κ3) is 7.77. The molecule has 7 heteroatoms. The number of halogens is 2. The fourth-order valence-corrected chi connectivity index (χ4v) is 6.45. The minimum absolute atomic E-state index is 0.157. The maximum Gasteiger partial charge on any atom is 0.211 e. The van der Waals surface area contributed by atoms with E-state index >= 15 is 0 Å². The molecule has 30 heavy (non-hydrogen) atoms. The molecule has 0 unspecified atom stereocenters. The lowest BCUT2D eigenvalue weighted by Crippen LogP contribution is -2.38. The minimum atomic E-state index is -3.06. The topological polar surface area (TPSA) is 49.4 Å². The SMILES string of the molecule is CCS(=O)(=O)N[C@H]1CC[C@H](CCCN2CCC(Cc3cc(Cl)ccc3Br)CC2)CC1. The fraction of sp³-hybridized carbons (Fsp3) is 0.739. The highest BCUT2D eigenvalue weighted by atomic mass is 79.9. The first-order valence-corrected chi connectivity index (χ1v) is 14.3. The Morgan fingerprint density at radius 3 is 2.47 bits per heavy atom. The normalized spacial score (nSPS) is 24.2. The van der Waals surface area contributed by atoms with Crippen LogP contribution in [0, 0.1) is 11.8 Å². The minimum Gasteiger partial charge on any atom is -0.303 e. The predicted molar refractivity (Wildman–Crippen MR) is 130 cm³/mol. The van der Waals surface area contributed by atoms with Crippen LogP contribution in [0.25, 0.3) is 0 Å². The highest BCUT2D eigenvalue weighted by Gasteiger charge is 2.25. The van der Waals surface area contributed by atoms with Crippen molar-refractivity contribution in [3.8, 4) is 0 Å². The molecule has 0 radical (unpaired) electrons. The van der Waals surface area contributed by atoms with Gasteiger partial charge in [0.1, 0.15) is 0 Å². The third-order valence-corrected chi connectivity index (χ3v) is 9.34. The van der Waals surface area contributed by atoms with Gasteiger partial charge in [0.2, 0.25) is 10.0 Å². The van der Waals surface area contributed by atoms with E-state index in [1.165, 1.54) is 55.4 Å². The van der Waals surface area contributed by atoms with Gasteiger partial charge >= 0.3 is 0 Å². The zero-order chi connectivity index (χ0) is 21.6. The van der Waals surface area contributed by atoms with Crippen molar-refractivity contribution in [3.05, 3.63) is 33.3 Å². The molecule has 1 saturated heterocycles. The first-order valence-electron chi connectivity index (χ1n) is 11.5. The molecule has 1 aliphatic carbocycles. The molecule has 2 fully saturated rings. The predicted octanol–water partition coefficient (Wildman–Crippen LogP) is 5.64. The van der Waals surface area contributed by atoms with Crippen molar-refractivity contribution in [2.75, 3.05) is 25.4 Å². The van der Waals surface area contributed by atoms with Gasteiger partial charge in [-0.1, -0.05) is 27.5 Å². The summed E-state index contributed by atoms with van der Waals surface area (Å²) in [5.41, 5.74) is 1.33. The molecule has 1 aromatic carbocycles. The molecule has 0 bridgehead atoms. The quantitative estimate of drug-likeness (QED) is 0.460. The van der Waals surface area contributed by atoms with Gasteiger partial charge in [0.15, 0.2) is 0 Å². The second kappa shape index (κ2) is 11.6. The molecule has 170 valence electrons. The summed E-state index contributed by atoms with van der Waals surface area (Å²) in [5.74, 6) is 1.70. The van der Waals surface area contributed by atoms with Crippen LogP contribution in [0.1, 0.15) is 63.9 Å². The average molecular weight is 520 g/mol. The molecule has 4 nitrogen and oxygen atoms in total. The molecule has 0 aromatic heterocycles. The van der Waals surface area contributed by atoms with Crippen molar-refractivity contribution in [1.29, 1.82) is 0 Å². The smallest absolute Gasteiger partial charge is 0.211 e. The molecule has 3 rings (SSSR count). The van der Waals surface area contributed by atoms with E-state index in [2.05, 4.69) is 37.7 Å². The first-order chi connectivity index (χ1) is 14.3. The first kappa shape index (κ1) is 24.5. The Bertz CT molecular complexity index is 773. The van der Waals surface area contributed by atoms with Crippen LogP contribution in [0.3, 0.4) is 0 Å². The Morgan fingerprint density at radius 1 is 1.10 bits per heavy atom. The van der Waals surface area contributed by atoms with Gasteiger partial charge in [0, 0.05) is 15.5 Å². The van der Waals surface area contributed by atoms with Gasteiger partial charge in [-0.05, 0) is 120 Å². The van der Waals surface area contributed by atoms with E-state index < -0.39 is 10.0 Å². The van der Waals surface area contributed by atoms with Crippen LogP contribution in [-0.2, 0) is 16.4 Å². The zero-order valence-electron chi connectivity index (χ0n) is 18.1. The van der Waals surface area contributed by atoms with E-state index in [1.807, 2.05) is 6.07 Å². The lowest BCUT2D eigenvalue weighted by molar-refractivity contribution is 0.175. The molecule has 1 N–H and O–H groups in total. The Balaban J connectivity index is 1.30. The number of sulfonamides is 1. The Kier molecular flexibility index (Phi) is 9.51. The number of nitrogens with one attached hydrogen (secondary N) is 1. The van der Waals surface area contributed by atoms with Crippen LogP contribution < -0.4 is 4.72 Å². The van der Waals surface area contributed by atoms with E-state index in [0.717, 1.165) is 49.0 Å². The molecule has 0 atom stereocenters. The molecule has 2 aliphatic rings. The van der Waals surface area contributed by atoms with Crippen molar-refractivity contribution >= 4 is 37.6 Å². The molecule has 1 heterocycles. The number of benzene rings is 1. The van der Waals surface area contributed by atoms with Crippen molar-refractivity contribution in [2.24, 2.45) is 11.8 Å². The van der Waals surface area contributed by atoms with E-state index in [4.69, 9.17) is 11.6 Å². The molecule has 1 saturated carbocycles. The monoisotopic (exact) mass is 518 g/mol. The molecule has 0 spiro atoms. The second-order valence-electron chi connectivity index (χ2n) is 9.11. The second-order valence-corrected chi connectivity index (χ2v) is 12.4. The van der Waals surface area contributed by atoms with Crippen LogP contribution in [0.15, 0.2) is 22.7 Å². The summed E-state index contributed by atoms with van der Waals surface area (Å²) in [6.45, 7) is 5.31. The number of hydrogen-bond acceptors (Lipinski definition) is 3. The van der Waals surface area contributed by atoms with Crippen molar-refractivity contribution < 1.29 is 8.42 Å². The molecular weight excluding hydrogens is 484 g/mol. The average Bonchev–Trinajstić information content (AvgIpc) is 2.73. The van der Waals surface area contributed by atoms with Gasteiger partial charge in [-0.3, -0.25) is 0 Å². The number of nitrogens with zero attached hydrogens (tertiary/aromatic N) is 1. The standard InChI is InChI=1S/C23H36BrClN2O2S/c1-2-30(28,29)26-22-8-5-18(6-9-22)4-3-13-27-14-11-19(12-15-27)16-20-17-21(25)7-10-23(20)24/h7,10,17-19,22,26H,2-6,8-9,11-16H2,1H3/t18-,22-. The maximum atomic E-state index is 11.7. The van der Waals surface area contributed by atoms with E-state index in [9.17, 15) is 8.42 Å². The molecule has 1 aromatic rings. The van der Waals surface area contributed by atoms with E-state index in [0.29, 0.717) is 0 Å². The summed E-state index contributed by atoms with van der Waals surface area (Å²) in [7, 11) is -3.06. The lowest BCUT2D eigenvalue weighted by Gasteiger charge is -2.33. The number of likely N-dealkylation sites (tertiary alicyclic amines) is 1. The van der Waals surface area contributed by atoms with E-state index in [1.54, 1.807) is 6.92 Å². The Hall–Kier alpha value is -0.140. The number of piperidine rings is 1. The Labute approximate surface area is 196 Å². The van der Waals surface area contributed by atoms with Crippen LogP contribution in [0.5, 0.6) is 0 Å². The maximum absolute atomic E-state index is 11.7. The molecule has 1 aliphatic heterocycles. The van der Waals surface area contributed by atoms with Crippen molar-refractivity contribution in [3.63, 3.8) is 0 Å². The van der Waals surface area contributed by atoms with Crippen LogP contribution >= 0.6 is 27.5 Å². The Morgan fingerprint density at radius 2 is 1.80 bits per heavy atom. The van der Waals surface area contributed by atoms with Crippen molar-refractivity contribution in [2.45, 2.75) is 70.8 Å². The molecular formula is C23H36BrClN2O2S. The van der Waals surface area contributed by atoms with Gasteiger partial charge < -0.3 is 4.90 Å². The number of rotatable bonds is 9. The summed E-state index contributed by atoms with van der Waals surface area (Å²) >= 11 is 9.82. The summed E-state index contributed by atoms with van der Waals surface area (Å²) in [6, 6.07) is 6.25. The highest BCUT2D eigenvalue weighted by Crippen LogP contribution is 2.30. The largest absolute Gasteiger partial charge is 0.303 e. The summed E-state index contributed by atoms with van der Waals surface area (Å²) in [5, 5.41) is 0.822. The van der Waals surface area contributed by atoms with Gasteiger partial charge in [-0.2, -0.15) is 0 Å².